The quantitative estimate of drug-likeness (QED) is 0.942. The standard InChI is InChI=1S/C19H20N4O/c1-20-19(24)14-5-7-17(8-6-14)23-13-15-9-11-22(16-3-2-4-16)12-10-18(15)21-23/h2-8,13H,9-12H2,1H3,(H,20,24). The minimum atomic E-state index is -0.0720. The third-order valence-electron chi connectivity index (χ3n) is 4.67. The number of carbonyl (C=O) groups excluding carboxylic acids is 1. The first-order valence-electron chi connectivity index (χ1n) is 8.28. The van der Waals surface area contributed by atoms with E-state index in [1.165, 1.54) is 17.0 Å². The van der Waals surface area contributed by atoms with Crippen LogP contribution in [0.5, 0.6) is 0 Å². The molecule has 4 rings (SSSR count). The maximum absolute atomic E-state index is 11.6. The lowest BCUT2D eigenvalue weighted by Crippen LogP contribution is -2.26. The van der Waals surface area contributed by atoms with E-state index in [4.69, 9.17) is 5.10 Å². The van der Waals surface area contributed by atoms with Crippen molar-refractivity contribution in [1.82, 2.24) is 20.0 Å². The summed E-state index contributed by atoms with van der Waals surface area (Å²) < 4.78 is 1.93. The van der Waals surface area contributed by atoms with E-state index < -0.39 is 0 Å². The van der Waals surface area contributed by atoms with Crippen LogP contribution in [-0.4, -0.2) is 40.7 Å². The summed E-state index contributed by atoms with van der Waals surface area (Å²) in [7, 11) is 1.64. The first-order chi connectivity index (χ1) is 11.7. The van der Waals surface area contributed by atoms with Crippen LogP contribution in [0, 0.1) is 0 Å². The van der Waals surface area contributed by atoms with E-state index in [0.717, 1.165) is 31.6 Å². The van der Waals surface area contributed by atoms with Crippen molar-refractivity contribution in [3.8, 4) is 5.69 Å². The van der Waals surface area contributed by atoms with Crippen LogP contribution in [0.25, 0.3) is 5.69 Å². The van der Waals surface area contributed by atoms with Crippen molar-refractivity contribution < 1.29 is 4.79 Å². The first kappa shape index (κ1) is 14.8. The first-order valence-corrected chi connectivity index (χ1v) is 8.28. The zero-order valence-corrected chi connectivity index (χ0v) is 13.7. The van der Waals surface area contributed by atoms with Gasteiger partial charge in [0.2, 0.25) is 0 Å². The van der Waals surface area contributed by atoms with E-state index in [9.17, 15) is 4.79 Å². The number of fused-ring (bicyclic) bond motifs is 1. The smallest absolute Gasteiger partial charge is 0.251 e. The van der Waals surface area contributed by atoms with Gasteiger partial charge < -0.3 is 10.2 Å². The van der Waals surface area contributed by atoms with E-state index >= 15 is 0 Å². The van der Waals surface area contributed by atoms with Gasteiger partial charge in [-0.3, -0.25) is 4.79 Å². The molecule has 122 valence electrons. The number of rotatable bonds is 3. The van der Waals surface area contributed by atoms with Crippen molar-refractivity contribution in [3.05, 3.63) is 71.2 Å². The molecule has 0 fully saturated rings. The van der Waals surface area contributed by atoms with Gasteiger partial charge in [-0.1, -0.05) is 6.08 Å². The number of allylic oxidation sites excluding steroid dienone is 3. The number of nitrogens with zero attached hydrogens (tertiary/aromatic N) is 3. The monoisotopic (exact) mass is 320 g/mol. The zero-order valence-electron chi connectivity index (χ0n) is 13.7. The lowest BCUT2D eigenvalue weighted by molar-refractivity contribution is 0.0963. The molecule has 1 aromatic heterocycles. The van der Waals surface area contributed by atoms with Crippen molar-refractivity contribution in [2.45, 2.75) is 12.8 Å². The Bertz CT molecular complexity index is 804. The van der Waals surface area contributed by atoms with Crippen molar-refractivity contribution in [2.24, 2.45) is 0 Å². The summed E-state index contributed by atoms with van der Waals surface area (Å²) >= 11 is 0. The highest BCUT2D eigenvalue weighted by Gasteiger charge is 2.19. The number of carbonyl (C=O) groups is 1. The summed E-state index contributed by atoms with van der Waals surface area (Å²) in [6.45, 7) is 2.04. The molecule has 1 amide bonds. The highest BCUT2D eigenvalue weighted by molar-refractivity contribution is 5.94. The summed E-state index contributed by atoms with van der Waals surface area (Å²) in [6.07, 6.45) is 10.5. The van der Waals surface area contributed by atoms with Gasteiger partial charge in [0.15, 0.2) is 0 Å². The van der Waals surface area contributed by atoms with Crippen LogP contribution in [0.4, 0.5) is 0 Å². The molecule has 5 heteroatoms. The minimum Gasteiger partial charge on any atom is -0.371 e. The van der Waals surface area contributed by atoms with E-state index in [1.54, 1.807) is 7.05 Å². The normalized spacial score (nSPS) is 16.0. The summed E-state index contributed by atoms with van der Waals surface area (Å²) in [5.74, 6) is -0.0720. The van der Waals surface area contributed by atoms with Gasteiger partial charge in [0.1, 0.15) is 0 Å². The van der Waals surface area contributed by atoms with Crippen LogP contribution in [0.1, 0.15) is 21.6 Å². The van der Waals surface area contributed by atoms with Gasteiger partial charge in [0, 0.05) is 44.0 Å². The van der Waals surface area contributed by atoms with Crippen LogP contribution in [0.2, 0.25) is 0 Å². The Morgan fingerprint density at radius 1 is 1.17 bits per heavy atom. The van der Waals surface area contributed by atoms with Gasteiger partial charge in [0.25, 0.3) is 5.91 Å². The van der Waals surface area contributed by atoms with E-state index in [2.05, 4.69) is 34.6 Å². The molecule has 2 aliphatic rings. The average Bonchev–Trinajstić information content (AvgIpc) is 2.89. The predicted octanol–water partition coefficient (Wildman–Crippen LogP) is 2.09. The van der Waals surface area contributed by atoms with Gasteiger partial charge in [0.05, 0.1) is 11.4 Å². The summed E-state index contributed by atoms with van der Waals surface area (Å²) in [5, 5.41) is 7.40. The maximum atomic E-state index is 11.6. The third-order valence-corrected chi connectivity index (χ3v) is 4.67. The molecule has 0 radical (unpaired) electrons. The van der Waals surface area contributed by atoms with Crippen LogP contribution in [-0.2, 0) is 12.8 Å². The molecule has 0 unspecified atom stereocenters. The second kappa shape index (κ2) is 6.00. The summed E-state index contributed by atoms with van der Waals surface area (Å²) in [4.78, 5) is 14.0. The SMILES string of the molecule is CNC(=O)c1ccc(-n2cc3c(n2)CCN(C2=CC=C2)CC3)cc1. The Hall–Kier alpha value is -2.82. The molecular weight excluding hydrogens is 300 g/mol. The fraction of sp³-hybridized carbons (Fsp3) is 0.263. The highest BCUT2D eigenvalue weighted by Crippen LogP contribution is 2.22. The molecule has 2 heterocycles. The average molecular weight is 320 g/mol. The van der Waals surface area contributed by atoms with Crippen LogP contribution in [0.3, 0.4) is 0 Å². The third kappa shape index (κ3) is 2.62. The number of hydrogen-bond donors (Lipinski definition) is 1. The molecule has 1 N–H and O–H groups in total. The Balaban J connectivity index is 1.52. The van der Waals surface area contributed by atoms with Gasteiger partial charge in [-0.15, -0.1) is 0 Å². The molecule has 0 saturated carbocycles. The fourth-order valence-electron chi connectivity index (χ4n) is 3.17. The van der Waals surface area contributed by atoms with Gasteiger partial charge in [-0.2, -0.15) is 5.10 Å². The lowest BCUT2D eigenvalue weighted by atomic mass is 10.1. The van der Waals surface area contributed by atoms with E-state index in [0.29, 0.717) is 5.56 Å². The Labute approximate surface area is 141 Å². The second-order valence-corrected chi connectivity index (χ2v) is 6.11. The molecule has 2 aromatic rings. The largest absolute Gasteiger partial charge is 0.371 e. The van der Waals surface area contributed by atoms with Crippen LogP contribution in [0.15, 0.2) is 54.4 Å². The topological polar surface area (TPSA) is 50.2 Å². The fourth-order valence-corrected chi connectivity index (χ4v) is 3.17. The predicted molar refractivity (Wildman–Crippen MR) is 93.2 cm³/mol. The van der Waals surface area contributed by atoms with Crippen molar-refractivity contribution in [1.29, 1.82) is 0 Å². The summed E-state index contributed by atoms with van der Waals surface area (Å²) in [5.41, 5.74) is 5.47. The molecule has 0 spiro atoms. The Morgan fingerprint density at radius 2 is 1.92 bits per heavy atom. The van der Waals surface area contributed by atoms with E-state index in [-0.39, 0.29) is 5.91 Å². The summed E-state index contributed by atoms with van der Waals surface area (Å²) in [6, 6.07) is 7.54. The number of nitrogens with one attached hydrogen (secondary N) is 1. The second-order valence-electron chi connectivity index (χ2n) is 6.11. The molecule has 0 atom stereocenters. The van der Waals surface area contributed by atoms with Gasteiger partial charge in [-0.25, -0.2) is 4.68 Å². The molecule has 0 saturated heterocycles. The highest BCUT2D eigenvalue weighted by atomic mass is 16.1. The Morgan fingerprint density at radius 3 is 2.58 bits per heavy atom. The number of aromatic nitrogens is 2. The van der Waals surface area contributed by atoms with Crippen molar-refractivity contribution >= 4 is 5.91 Å². The van der Waals surface area contributed by atoms with Gasteiger partial charge >= 0.3 is 0 Å². The molecule has 1 aromatic carbocycles. The molecule has 1 aliphatic heterocycles. The molecule has 24 heavy (non-hydrogen) atoms. The number of hydrogen-bond acceptors (Lipinski definition) is 3. The molecule has 0 bridgehead atoms. The minimum absolute atomic E-state index is 0.0720. The van der Waals surface area contributed by atoms with Crippen molar-refractivity contribution in [3.63, 3.8) is 0 Å². The number of amides is 1. The lowest BCUT2D eigenvalue weighted by Gasteiger charge is -2.26. The van der Waals surface area contributed by atoms with Crippen LogP contribution >= 0.6 is 0 Å². The zero-order chi connectivity index (χ0) is 16.5. The molecule has 5 nitrogen and oxygen atoms in total. The Kier molecular flexibility index (Phi) is 3.69. The van der Waals surface area contributed by atoms with Crippen LogP contribution < -0.4 is 5.32 Å². The molecular formula is C19H20N4O. The number of benzene rings is 1. The van der Waals surface area contributed by atoms with Gasteiger partial charge in [-0.05, 0) is 48.4 Å². The maximum Gasteiger partial charge on any atom is 0.251 e. The van der Waals surface area contributed by atoms with Crippen molar-refractivity contribution in [2.75, 3.05) is 20.1 Å². The van der Waals surface area contributed by atoms with E-state index in [1.807, 2.05) is 28.9 Å². The molecule has 1 aliphatic carbocycles.